The van der Waals surface area contributed by atoms with Gasteiger partial charge in [0, 0.05) is 34.1 Å². The van der Waals surface area contributed by atoms with Gasteiger partial charge in [-0.15, -0.1) is 0 Å². The number of ketones is 1. The van der Waals surface area contributed by atoms with Gasteiger partial charge in [0.25, 0.3) is 0 Å². The Morgan fingerprint density at radius 3 is 2.74 bits per heavy atom. The zero-order valence-electron chi connectivity index (χ0n) is 10.5. The Morgan fingerprint density at radius 1 is 1.21 bits per heavy atom. The van der Waals surface area contributed by atoms with Gasteiger partial charge in [0.2, 0.25) is 0 Å². The lowest BCUT2D eigenvalue weighted by molar-refractivity contribution is 0.0972. The molecule has 3 rings (SSSR count). The zero-order valence-corrected chi connectivity index (χ0v) is 11.3. The SMILES string of the molecule is Cc1cc2c(n1-c1cc(F)cc(Cl)c1)CCCC2=O. The fourth-order valence-electron chi connectivity index (χ4n) is 2.76. The minimum absolute atomic E-state index is 0.172. The van der Waals surface area contributed by atoms with Crippen LogP contribution < -0.4 is 0 Å². The van der Waals surface area contributed by atoms with Gasteiger partial charge in [0.1, 0.15) is 5.82 Å². The van der Waals surface area contributed by atoms with E-state index in [-0.39, 0.29) is 11.6 Å². The number of aromatic nitrogens is 1. The zero-order chi connectivity index (χ0) is 13.6. The van der Waals surface area contributed by atoms with Crippen LogP contribution in [0.2, 0.25) is 5.02 Å². The lowest BCUT2D eigenvalue weighted by atomic mass is 9.96. The first-order chi connectivity index (χ1) is 9.06. The van der Waals surface area contributed by atoms with Crippen molar-refractivity contribution in [3.8, 4) is 5.69 Å². The Bertz CT molecular complexity index is 655. The normalized spacial score (nSPS) is 14.6. The van der Waals surface area contributed by atoms with Gasteiger partial charge in [0.05, 0.1) is 0 Å². The van der Waals surface area contributed by atoms with Crippen LogP contribution in [0.25, 0.3) is 5.69 Å². The molecule has 0 unspecified atom stereocenters. The third-order valence-electron chi connectivity index (χ3n) is 3.51. The van der Waals surface area contributed by atoms with Crippen molar-refractivity contribution >= 4 is 17.4 Å². The number of carbonyl (C=O) groups excluding carboxylic acids is 1. The molecule has 1 aromatic heterocycles. The van der Waals surface area contributed by atoms with Gasteiger partial charge in [-0.1, -0.05) is 11.6 Å². The third kappa shape index (κ3) is 2.08. The van der Waals surface area contributed by atoms with Crippen LogP contribution in [0.4, 0.5) is 4.39 Å². The van der Waals surface area contributed by atoms with Gasteiger partial charge < -0.3 is 4.57 Å². The first-order valence-corrected chi connectivity index (χ1v) is 6.65. The molecule has 1 aliphatic rings. The number of Topliss-reactive ketones (excluding diaryl/α,β-unsaturated/α-hetero) is 1. The number of rotatable bonds is 1. The largest absolute Gasteiger partial charge is 0.317 e. The molecule has 0 aliphatic heterocycles. The van der Waals surface area contributed by atoms with Crippen molar-refractivity contribution in [3.63, 3.8) is 0 Å². The van der Waals surface area contributed by atoms with E-state index in [2.05, 4.69) is 0 Å². The van der Waals surface area contributed by atoms with E-state index in [1.165, 1.54) is 12.1 Å². The molecule has 2 nitrogen and oxygen atoms in total. The highest BCUT2D eigenvalue weighted by Crippen LogP contribution is 2.29. The number of fused-ring (bicyclic) bond motifs is 1. The maximum atomic E-state index is 13.5. The molecule has 0 saturated carbocycles. The molecule has 0 amide bonds. The van der Waals surface area contributed by atoms with E-state index in [1.54, 1.807) is 6.07 Å². The van der Waals surface area contributed by atoms with E-state index in [0.29, 0.717) is 17.1 Å². The highest BCUT2D eigenvalue weighted by molar-refractivity contribution is 6.30. The molecule has 0 N–H and O–H groups in total. The summed E-state index contributed by atoms with van der Waals surface area (Å²) in [6.45, 7) is 1.92. The third-order valence-corrected chi connectivity index (χ3v) is 3.73. The van der Waals surface area contributed by atoms with Gasteiger partial charge in [0.15, 0.2) is 5.78 Å². The number of aryl methyl sites for hydroxylation is 1. The van der Waals surface area contributed by atoms with Crippen molar-refractivity contribution in [3.05, 3.63) is 52.1 Å². The van der Waals surface area contributed by atoms with Gasteiger partial charge >= 0.3 is 0 Å². The molecule has 1 aliphatic carbocycles. The second kappa shape index (κ2) is 4.49. The van der Waals surface area contributed by atoms with Gasteiger partial charge in [-0.3, -0.25) is 4.79 Å². The molecule has 0 atom stereocenters. The number of hydrogen-bond acceptors (Lipinski definition) is 1. The summed E-state index contributed by atoms with van der Waals surface area (Å²) in [5.41, 5.74) is 3.35. The average molecular weight is 278 g/mol. The summed E-state index contributed by atoms with van der Waals surface area (Å²) in [4.78, 5) is 11.9. The van der Waals surface area contributed by atoms with Crippen molar-refractivity contribution in [2.24, 2.45) is 0 Å². The minimum atomic E-state index is -0.369. The summed E-state index contributed by atoms with van der Waals surface area (Å²) < 4.78 is 15.4. The molecule has 4 heteroatoms. The van der Waals surface area contributed by atoms with Crippen LogP contribution in [0, 0.1) is 12.7 Å². The highest BCUT2D eigenvalue weighted by Gasteiger charge is 2.23. The molecular formula is C15H13ClFNO. The fraction of sp³-hybridized carbons (Fsp3) is 0.267. The van der Waals surface area contributed by atoms with Crippen molar-refractivity contribution in [2.45, 2.75) is 26.2 Å². The average Bonchev–Trinajstić information content (AvgIpc) is 2.65. The molecule has 0 radical (unpaired) electrons. The predicted octanol–water partition coefficient (Wildman–Crippen LogP) is 4.10. The molecule has 1 aromatic carbocycles. The van der Waals surface area contributed by atoms with Gasteiger partial charge in [-0.05, 0) is 44.0 Å². The van der Waals surface area contributed by atoms with Crippen molar-refractivity contribution in [1.82, 2.24) is 4.57 Å². The summed E-state index contributed by atoms with van der Waals surface area (Å²) in [7, 11) is 0. The second-order valence-electron chi connectivity index (χ2n) is 4.89. The van der Waals surface area contributed by atoms with E-state index in [9.17, 15) is 9.18 Å². The molecule has 19 heavy (non-hydrogen) atoms. The van der Waals surface area contributed by atoms with Crippen LogP contribution in [0.5, 0.6) is 0 Å². The van der Waals surface area contributed by atoms with Crippen molar-refractivity contribution < 1.29 is 9.18 Å². The molecule has 98 valence electrons. The maximum absolute atomic E-state index is 13.5. The quantitative estimate of drug-likeness (QED) is 0.769. The van der Waals surface area contributed by atoms with E-state index < -0.39 is 0 Å². The van der Waals surface area contributed by atoms with Crippen LogP contribution in [-0.4, -0.2) is 10.4 Å². The number of halogens is 2. The van der Waals surface area contributed by atoms with Crippen molar-refractivity contribution in [2.75, 3.05) is 0 Å². The van der Waals surface area contributed by atoms with Crippen LogP contribution in [-0.2, 0) is 6.42 Å². The maximum Gasteiger partial charge on any atom is 0.164 e. The monoisotopic (exact) mass is 277 g/mol. The Balaban J connectivity index is 2.23. The van der Waals surface area contributed by atoms with Crippen LogP contribution in [0.1, 0.15) is 34.6 Å². The molecule has 0 spiro atoms. The summed E-state index contributed by atoms with van der Waals surface area (Å²) >= 11 is 5.91. The van der Waals surface area contributed by atoms with Crippen LogP contribution in [0.3, 0.4) is 0 Å². The Labute approximate surface area is 115 Å². The van der Waals surface area contributed by atoms with E-state index in [4.69, 9.17) is 11.6 Å². The van der Waals surface area contributed by atoms with Gasteiger partial charge in [-0.2, -0.15) is 0 Å². The first-order valence-electron chi connectivity index (χ1n) is 6.27. The number of nitrogens with zero attached hydrogens (tertiary/aromatic N) is 1. The minimum Gasteiger partial charge on any atom is -0.317 e. The Kier molecular flexibility index (Phi) is 2.94. The first kappa shape index (κ1) is 12.4. The predicted molar refractivity (Wildman–Crippen MR) is 72.7 cm³/mol. The fourth-order valence-corrected chi connectivity index (χ4v) is 2.97. The number of carbonyl (C=O) groups is 1. The van der Waals surface area contributed by atoms with E-state index in [1.807, 2.05) is 17.6 Å². The summed E-state index contributed by atoms with van der Waals surface area (Å²) in [6.07, 6.45) is 2.28. The van der Waals surface area contributed by atoms with E-state index in [0.717, 1.165) is 29.8 Å². The summed E-state index contributed by atoms with van der Waals surface area (Å²) in [5.74, 6) is -0.197. The van der Waals surface area contributed by atoms with E-state index >= 15 is 0 Å². The Hall–Kier alpha value is -1.61. The summed E-state index contributed by atoms with van der Waals surface area (Å²) in [6, 6.07) is 6.33. The molecular weight excluding hydrogens is 265 g/mol. The lowest BCUT2D eigenvalue weighted by Crippen LogP contribution is -2.12. The topological polar surface area (TPSA) is 22.0 Å². The molecule has 2 aromatic rings. The Morgan fingerprint density at radius 2 is 2.00 bits per heavy atom. The molecule has 0 bridgehead atoms. The standard InChI is InChI=1S/C15H13ClFNO/c1-9-5-13-14(3-2-4-15(13)19)18(9)12-7-10(16)6-11(17)8-12/h5-8H,2-4H2,1H3. The van der Waals surface area contributed by atoms with Crippen LogP contribution in [0.15, 0.2) is 24.3 Å². The highest BCUT2D eigenvalue weighted by atomic mass is 35.5. The number of hydrogen-bond donors (Lipinski definition) is 0. The second-order valence-corrected chi connectivity index (χ2v) is 5.32. The number of benzene rings is 1. The molecule has 0 saturated heterocycles. The van der Waals surface area contributed by atoms with Crippen molar-refractivity contribution in [1.29, 1.82) is 0 Å². The summed E-state index contributed by atoms with van der Waals surface area (Å²) in [5, 5.41) is 0.360. The smallest absolute Gasteiger partial charge is 0.164 e. The van der Waals surface area contributed by atoms with Gasteiger partial charge in [-0.25, -0.2) is 4.39 Å². The van der Waals surface area contributed by atoms with Crippen LogP contribution >= 0.6 is 11.6 Å². The molecule has 0 fully saturated rings. The lowest BCUT2D eigenvalue weighted by Gasteiger charge is -2.16. The molecule has 1 heterocycles.